The van der Waals surface area contributed by atoms with Gasteiger partial charge in [-0.25, -0.2) is 4.39 Å². The highest BCUT2D eigenvalue weighted by Crippen LogP contribution is 2.37. The highest BCUT2D eigenvalue weighted by Gasteiger charge is 2.23. The molecule has 3 heteroatoms. The molecule has 0 aliphatic rings. The highest BCUT2D eigenvalue weighted by molar-refractivity contribution is 5.57. The van der Waals surface area contributed by atoms with E-state index in [1.807, 2.05) is 48.5 Å². The van der Waals surface area contributed by atoms with Crippen molar-refractivity contribution in [2.75, 3.05) is 5.32 Å². The minimum atomic E-state index is -0.267. The Hall–Kier alpha value is -3.07. The van der Waals surface area contributed by atoms with E-state index in [1.165, 1.54) is 12.1 Å². The summed E-state index contributed by atoms with van der Waals surface area (Å²) in [4.78, 5) is 0. The zero-order valence-electron chi connectivity index (χ0n) is 13.8. The van der Waals surface area contributed by atoms with Crippen LogP contribution in [0.1, 0.15) is 23.1 Å². The quantitative estimate of drug-likeness (QED) is 0.451. The second kappa shape index (κ2) is 7.67. The van der Waals surface area contributed by atoms with Gasteiger partial charge in [-0.2, -0.15) is 0 Å². The molecule has 2 nitrogen and oxygen atoms in total. The van der Waals surface area contributed by atoms with Gasteiger partial charge in [0.2, 0.25) is 0 Å². The van der Waals surface area contributed by atoms with Gasteiger partial charge in [-0.3, -0.25) is 0 Å². The molecule has 0 radical (unpaired) electrons. The van der Waals surface area contributed by atoms with Crippen molar-refractivity contribution in [2.24, 2.45) is 0 Å². The molecular formula is C22H20FNO. The minimum absolute atomic E-state index is 0.0948. The van der Waals surface area contributed by atoms with E-state index >= 15 is 0 Å². The number of para-hydroxylation sites is 2. The number of benzene rings is 3. The summed E-state index contributed by atoms with van der Waals surface area (Å²) in [7, 11) is 0. The molecule has 2 atom stereocenters. The van der Waals surface area contributed by atoms with Crippen molar-refractivity contribution in [3.05, 3.63) is 108 Å². The maximum atomic E-state index is 13.3. The summed E-state index contributed by atoms with van der Waals surface area (Å²) in [6.45, 7) is 3.97. The smallest absolute Gasteiger partial charge is 0.138 e. The Balaban J connectivity index is 2.02. The molecule has 3 rings (SSSR count). The molecule has 2 N–H and O–H groups in total. The Kier molecular flexibility index (Phi) is 5.14. The van der Waals surface area contributed by atoms with Crippen molar-refractivity contribution in [3.63, 3.8) is 0 Å². The fourth-order valence-corrected chi connectivity index (χ4v) is 2.95. The van der Waals surface area contributed by atoms with Crippen LogP contribution in [0.4, 0.5) is 10.1 Å². The lowest BCUT2D eigenvalue weighted by molar-refractivity contribution is 0.476. The molecule has 0 saturated heterocycles. The van der Waals surface area contributed by atoms with Gasteiger partial charge >= 0.3 is 0 Å². The van der Waals surface area contributed by atoms with Crippen molar-refractivity contribution in [2.45, 2.75) is 12.0 Å². The summed E-state index contributed by atoms with van der Waals surface area (Å²) in [6.07, 6.45) is 1.85. The molecule has 0 unspecified atom stereocenters. The molecule has 0 aromatic heterocycles. The summed E-state index contributed by atoms with van der Waals surface area (Å²) < 4.78 is 13.3. The fraction of sp³-hybridized carbons (Fsp3) is 0.0909. The fourth-order valence-electron chi connectivity index (χ4n) is 2.95. The standard InChI is InChI=1S/C22H20FNO/c1-2-19(16-12-14-18(23)15-13-16)22(17-8-4-3-5-9-17)24-20-10-6-7-11-21(20)25/h2-15,19,22,24-25H,1H2/t19-,22+/m1/s1. The SMILES string of the molecule is C=C[C@H](c1ccc(F)cc1)[C@@H](Nc1ccccc1O)c1ccccc1. The van der Waals surface area contributed by atoms with Gasteiger partial charge in [0.25, 0.3) is 0 Å². The van der Waals surface area contributed by atoms with Crippen LogP contribution in [0.25, 0.3) is 0 Å². The number of aromatic hydroxyl groups is 1. The maximum Gasteiger partial charge on any atom is 0.138 e. The van der Waals surface area contributed by atoms with Crippen LogP contribution in [0.5, 0.6) is 5.75 Å². The number of hydrogen-bond donors (Lipinski definition) is 2. The van der Waals surface area contributed by atoms with E-state index in [0.29, 0.717) is 5.69 Å². The topological polar surface area (TPSA) is 32.3 Å². The van der Waals surface area contributed by atoms with E-state index in [4.69, 9.17) is 0 Å². The van der Waals surface area contributed by atoms with Gasteiger partial charge in [0.05, 0.1) is 11.7 Å². The molecule has 0 heterocycles. The van der Waals surface area contributed by atoms with Crippen LogP contribution in [0.3, 0.4) is 0 Å². The van der Waals surface area contributed by atoms with E-state index in [9.17, 15) is 9.50 Å². The van der Waals surface area contributed by atoms with E-state index in [0.717, 1.165) is 11.1 Å². The third-order valence-corrected chi connectivity index (χ3v) is 4.24. The number of anilines is 1. The van der Waals surface area contributed by atoms with Crippen LogP contribution in [-0.2, 0) is 0 Å². The van der Waals surface area contributed by atoms with Crippen molar-refractivity contribution in [1.82, 2.24) is 0 Å². The second-order valence-corrected chi connectivity index (χ2v) is 5.86. The number of phenols is 1. The first-order valence-electron chi connectivity index (χ1n) is 8.16. The molecule has 0 aliphatic carbocycles. The molecule has 0 saturated carbocycles. The van der Waals surface area contributed by atoms with Crippen LogP contribution < -0.4 is 5.32 Å². The number of halogens is 1. The lowest BCUT2D eigenvalue weighted by Gasteiger charge is -2.28. The number of phenolic OH excluding ortho intramolecular Hbond substituents is 1. The zero-order valence-corrected chi connectivity index (χ0v) is 13.8. The van der Waals surface area contributed by atoms with E-state index in [-0.39, 0.29) is 23.5 Å². The molecular weight excluding hydrogens is 313 g/mol. The molecule has 126 valence electrons. The summed E-state index contributed by atoms with van der Waals surface area (Å²) in [5.41, 5.74) is 2.65. The monoisotopic (exact) mass is 333 g/mol. The largest absolute Gasteiger partial charge is 0.506 e. The second-order valence-electron chi connectivity index (χ2n) is 5.86. The number of hydrogen-bond acceptors (Lipinski definition) is 2. The molecule has 0 aliphatic heterocycles. The Morgan fingerprint density at radius 2 is 1.48 bits per heavy atom. The molecule has 0 amide bonds. The van der Waals surface area contributed by atoms with Crippen LogP contribution in [0.2, 0.25) is 0 Å². The molecule has 25 heavy (non-hydrogen) atoms. The zero-order chi connectivity index (χ0) is 17.6. The van der Waals surface area contributed by atoms with Crippen LogP contribution in [0, 0.1) is 5.82 Å². The van der Waals surface area contributed by atoms with Crippen LogP contribution in [-0.4, -0.2) is 5.11 Å². The molecule has 0 bridgehead atoms. The van der Waals surface area contributed by atoms with E-state index < -0.39 is 0 Å². The summed E-state index contributed by atoms with van der Waals surface area (Å²) in [5, 5.41) is 13.5. The summed E-state index contributed by atoms with van der Waals surface area (Å²) >= 11 is 0. The van der Waals surface area contributed by atoms with Gasteiger partial charge in [0, 0.05) is 5.92 Å². The molecule has 0 spiro atoms. The van der Waals surface area contributed by atoms with Crippen molar-refractivity contribution >= 4 is 5.69 Å². The van der Waals surface area contributed by atoms with Crippen molar-refractivity contribution < 1.29 is 9.50 Å². The number of nitrogens with one attached hydrogen (secondary N) is 1. The molecule has 3 aromatic rings. The van der Waals surface area contributed by atoms with E-state index in [1.54, 1.807) is 24.3 Å². The third-order valence-electron chi connectivity index (χ3n) is 4.24. The lowest BCUT2D eigenvalue weighted by atomic mass is 9.86. The normalized spacial score (nSPS) is 13.0. The Bertz CT molecular complexity index is 830. The summed E-state index contributed by atoms with van der Waals surface area (Å²) in [5.74, 6) is -0.176. The maximum absolute atomic E-state index is 13.3. The minimum Gasteiger partial charge on any atom is -0.506 e. The first kappa shape index (κ1) is 16.8. The average molecular weight is 333 g/mol. The van der Waals surface area contributed by atoms with Gasteiger partial charge in [0.1, 0.15) is 11.6 Å². The van der Waals surface area contributed by atoms with Crippen molar-refractivity contribution in [3.8, 4) is 5.75 Å². The van der Waals surface area contributed by atoms with Crippen LogP contribution in [0.15, 0.2) is 91.5 Å². The highest BCUT2D eigenvalue weighted by atomic mass is 19.1. The average Bonchev–Trinajstić information content (AvgIpc) is 2.65. The number of rotatable bonds is 6. The van der Waals surface area contributed by atoms with Gasteiger partial charge < -0.3 is 10.4 Å². The first-order chi connectivity index (χ1) is 12.2. The lowest BCUT2D eigenvalue weighted by Crippen LogP contribution is -2.18. The molecule has 0 fully saturated rings. The predicted octanol–water partition coefficient (Wildman–Crippen LogP) is 5.65. The van der Waals surface area contributed by atoms with E-state index in [2.05, 4.69) is 11.9 Å². The van der Waals surface area contributed by atoms with Crippen LogP contribution >= 0.6 is 0 Å². The Morgan fingerprint density at radius 3 is 2.12 bits per heavy atom. The Morgan fingerprint density at radius 1 is 0.840 bits per heavy atom. The Labute approximate surface area is 147 Å². The van der Waals surface area contributed by atoms with Gasteiger partial charge in [-0.1, -0.05) is 60.7 Å². The first-order valence-corrected chi connectivity index (χ1v) is 8.16. The van der Waals surface area contributed by atoms with Gasteiger partial charge in [-0.15, -0.1) is 6.58 Å². The van der Waals surface area contributed by atoms with Gasteiger partial charge in [0.15, 0.2) is 0 Å². The third kappa shape index (κ3) is 3.89. The summed E-state index contributed by atoms with van der Waals surface area (Å²) in [6, 6.07) is 23.4. The van der Waals surface area contributed by atoms with Gasteiger partial charge in [-0.05, 0) is 35.4 Å². The van der Waals surface area contributed by atoms with Crippen molar-refractivity contribution in [1.29, 1.82) is 0 Å². The predicted molar refractivity (Wildman–Crippen MR) is 100 cm³/mol. The molecule has 3 aromatic carbocycles.